The summed E-state index contributed by atoms with van der Waals surface area (Å²) in [4.78, 5) is 0. The minimum absolute atomic E-state index is 0.399. The highest BCUT2D eigenvalue weighted by Crippen LogP contribution is 2.23. The first kappa shape index (κ1) is 14.3. The zero-order chi connectivity index (χ0) is 12.1. The number of nitrogens with one attached hydrogen (secondary N) is 1. The van der Waals surface area contributed by atoms with E-state index in [-0.39, 0.29) is 0 Å². The average Bonchev–Trinajstić information content (AvgIpc) is 2.12. The van der Waals surface area contributed by atoms with Gasteiger partial charge in [-0.05, 0) is 24.6 Å². The van der Waals surface area contributed by atoms with Gasteiger partial charge in [-0.2, -0.15) is 0 Å². The van der Waals surface area contributed by atoms with E-state index in [1.54, 1.807) is 12.1 Å². The summed E-state index contributed by atoms with van der Waals surface area (Å²) in [5.74, 6) is 0. The van der Waals surface area contributed by atoms with Crippen LogP contribution in [-0.2, 0) is 10.0 Å². The van der Waals surface area contributed by atoms with Crippen LogP contribution in [0.15, 0.2) is 18.2 Å². The van der Waals surface area contributed by atoms with Crippen molar-refractivity contribution in [1.82, 2.24) is 0 Å². The Bertz CT molecular complexity index is 415. The van der Waals surface area contributed by atoms with Gasteiger partial charge < -0.3 is 0 Å². The summed E-state index contributed by atoms with van der Waals surface area (Å²) in [6, 6.07) is 5.16. The number of hydrogen-bond acceptors (Lipinski definition) is 2. The van der Waals surface area contributed by atoms with Gasteiger partial charge in [0.1, 0.15) is 0 Å². The number of hydrogen-bond donors (Lipinski definition) is 1. The number of halogens is 1. The predicted octanol–water partition coefficient (Wildman–Crippen LogP) is 3.05. The van der Waals surface area contributed by atoms with Crippen molar-refractivity contribution in [2.24, 2.45) is 0 Å². The van der Waals surface area contributed by atoms with Crippen molar-refractivity contribution in [3.05, 3.63) is 28.8 Å². The molecule has 0 fully saturated rings. The van der Waals surface area contributed by atoms with E-state index >= 15 is 0 Å². The van der Waals surface area contributed by atoms with Gasteiger partial charge in [0, 0.05) is 0 Å². The molecule has 1 rings (SSSR count). The Morgan fingerprint density at radius 3 is 2.27 bits per heavy atom. The second-order valence-corrected chi connectivity index (χ2v) is 5.01. The van der Waals surface area contributed by atoms with Crippen molar-refractivity contribution >= 4 is 27.3 Å². The van der Waals surface area contributed by atoms with E-state index < -0.39 is 10.0 Å². The van der Waals surface area contributed by atoms with Crippen LogP contribution >= 0.6 is 11.6 Å². The van der Waals surface area contributed by atoms with Crippen molar-refractivity contribution in [2.75, 3.05) is 11.0 Å². The molecule has 1 N–H and O–H groups in total. The molecule has 86 valence electrons. The molecule has 15 heavy (non-hydrogen) atoms. The summed E-state index contributed by atoms with van der Waals surface area (Å²) in [6.07, 6.45) is 1.09. The molecule has 5 heteroatoms. The average molecular weight is 250 g/mol. The van der Waals surface area contributed by atoms with Crippen molar-refractivity contribution < 1.29 is 8.42 Å². The maximum absolute atomic E-state index is 10.9. The zero-order valence-electron chi connectivity index (χ0n) is 9.33. The molecule has 0 radical (unpaired) electrons. The van der Waals surface area contributed by atoms with Crippen molar-refractivity contribution in [1.29, 1.82) is 0 Å². The van der Waals surface area contributed by atoms with Crippen molar-refractivity contribution in [3.63, 3.8) is 0 Å². The Morgan fingerprint density at radius 2 is 1.80 bits per heavy atom. The topological polar surface area (TPSA) is 46.2 Å². The van der Waals surface area contributed by atoms with Crippen LogP contribution in [0.3, 0.4) is 0 Å². The molecular weight excluding hydrogens is 234 g/mol. The van der Waals surface area contributed by atoms with Gasteiger partial charge in [0.25, 0.3) is 0 Å². The van der Waals surface area contributed by atoms with Gasteiger partial charge in [-0.1, -0.05) is 31.5 Å². The number of rotatable bonds is 2. The van der Waals surface area contributed by atoms with Gasteiger partial charge in [-0.3, -0.25) is 4.72 Å². The van der Waals surface area contributed by atoms with Crippen molar-refractivity contribution in [3.8, 4) is 0 Å². The highest BCUT2D eigenvalue weighted by atomic mass is 35.5. The van der Waals surface area contributed by atoms with Gasteiger partial charge in [-0.15, -0.1) is 0 Å². The number of sulfonamides is 1. The first-order valence-electron chi connectivity index (χ1n) is 4.62. The minimum atomic E-state index is -3.25. The van der Waals surface area contributed by atoms with Crippen molar-refractivity contribution in [2.45, 2.75) is 20.8 Å². The Hall–Kier alpha value is -0.740. The third kappa shape index (κ3) is 5.64. The fourth-order valence-electron chi connectivity index (χ4n) is 0.917. The van der Waals surface area contributed by atoms with Crippen LogP contribution in [0.4, 0.5) is 5.69 Å². The SMILES string of the molecule is CC.Cc1ccc(Cl)c(NS(C)(=O)=O)c1. The summed E-state index contributed by atoms with van der Waals surface area (Å²) in [7, 11) is -3.25. The molecule has 0 aliphatic heterocycles. The molecule has 0 unspecified atom stereocenters. The summed E-state index contributed by atoms with van der Waals surface area (Å²) in [5.41, 5.74) is 1.37. The molecular formula is C10H16ClNO2S. The smallest absolute Gasteiger partial charge is 0.229 e. The summed E-state index contributed by atoms with van der Waals surface area (Å²) >= 11 is 5.78. The van der Waals surface area contributed by atoms with Gasteiger partial charge in [0.2, 0.25) is 10.0 Å². The lowest BCUT2D eigenvalue weighted by molar-refractivity contribution is 0.607. The summed E-state index contributed by atoms with van der Waals surface area (Å²) in [6.45, 7) is 5.86. The molecule has 0 saturated carbocycles. The summed E-state index contributed by atoms with van der Waals surface area (Å²) in [5, 5.41) is 0.399. The Balaban J connectivity index is 0.000000921. The standard InChI is InChI=1S/C8H10ClNO2S.C2H6/c1-6-3-4-7(9)8(5-6)10-13(2,11)12;1-2/h3-5,10H,1-2H3;1-2H3. The fraction of sp³-hybridized carbons (Fsp3) is 0.400. The van der Waals surface area contributed by atoms with Crippen LogP contribution in [-0.4, -0.2) is 14.7 Å². The Labute approximate surface area is 96.5 Å². The first-order valence-corrected chi connectivity index (χ1v) is 6.89. The van der Waals surface area contributed by atoms with Crippen LogP contribution in [0.1, 0.15) is 19.4 Å². The maximum Gasteiger partial charge on any atom is 0.229 e. The quantitative estimate of drug-likeness (QED) is 0.876. The molecule has 0 spiro atoms. The first-order chi connectivity index (χ1) is 6.88. The van der Waals surface area contributed by atoms with E-state index in [0.717, 1.165) is 11.8 Å². The Kier molecular flexibility index (Phi) is 5.68. The van der Waals surface area contributed by atoms with E-state index in [2.05, 4.69) is 4.72 Å². The van der Waals surface area contributed by atoms with E-state index in [4.69, 9.17) is 11.6 Å². The predicted molar refractivity (Wildman–Crippen MR) is 66.0 cm³/mol. The van der Waals surface area contributed by atoms with Gasteiger partial charge in [0.15, 0.2) is 0 Å². The number of anilines is 1. The summed E-state index contributed by atoms with van der Waals surface area (Å²) < 4.78 is 24.1. The molecule has 0 aromatic heterocycles. The second-order valence-electron chi connectivity index (χ2n) is 2.86. The minimum Gasteiger partial charge on any atom is -0.282 e. The van der Waals surface area contributed by atoms with Crippen LogP contribution < -0.4 is 4.72 Å². The van der Waals surface area contributed by atoms with Crippen LogP contribution in [0.25, 0.3) is 0 Å². The van der Waals surface area contributed by atoms with Gasteiger partial charge >= 0.3 is 0 Å². The van der Waals surface area contributed by atoms with E-state index in [9.17, 15) is 8.42 Å². The molecule has 1 aromatic carbocycles. The van der Waals surface area contributed by atoms with E-state index in [0.29, 0.717) is 10.7 Å². The fourth-order valence-corrected chi connectivity index (χ4v) is 1.71. The van der Waals surface area contributed by atoms with Gasteiger partial charge in [0.05, 0.1) is 17.0 Å². The second kappa shape index (κ2) is 5.98. The zero-order valence-corrected chi connectivity index (χ0v) is 10.9. The Morgan fingerprint density at radius 1 is 1.27 bits per heavy atom. The monoisotopic (exact) mass is 249 g/mol. The third-order valence-electron chi connectivity index (χ3n) is 1.42. The molecule has 0 heterocycles. The highest BCUT2D eigenvalue weighted by Gasteiger charge is 2.05. The molecule has 3 nitrogen and oxygen atoms in total. The van der Waals surface area contributed by atoms with E-state index in [1.807, 2.05) is 26.8 Å². The molecule has 0 aliphatic rings. The molecule has 0 bridgehead atoms. The normalized spacial score (nSPS) is 10.2. The van der Waals surface area contributed by atoms with Crippen LogP contribution in [0.5, 0.6) is 0 Å². The molecule has 0 saturated heterocycles. The maximum atomic E-state index is 10.9. The molecule has 0 aliphatic carbocycles. The van der Waals surface area contributed by atoms with E-state index in [1.165, 1.54) is 0 Å². The van der Waals surface area contributed by atoms with Gasteiger partial charge in [-0.25, -0.2) is 8.42 Å². The molecule has 0 amide bonds. The third-order valence-corrected chi connectivity index (χ3v) is 2.34. The largest absolute Gasteiger partial charge is 0.282 e. The molecule has 1 aromatic rings. The highest BCUT2D eigenvalue weighted by molar-refractivity contribution is 7.92. The lowest BCUT2D eigenvalue weighted by Crippen LogP contribution is -2.09. The number of aryl methyl sites for hydroxylation is 1. The molecule has 0 atom stereocenters. The number of benzene rings is 1. The van der Waals surface area contributed by atoms with Crippen LogP contribution in [0, 0.1) is 6.92 Å². The lowest BCUT2D eigenvalue weighted by Gasteiger charge is -2.06. The van der Waals surface area contributed by atoms with Crippen LogP contribution in [0.2, 0.25) is 5.02 Å². The lowest BCUT2D eigenvalue weighted by atomic mass is 10.2.